The fourth-order valence-corrected chi connectivity index (χ4v) is 3.36. The van der Waals surface area contributed by atoms with E-state index in [9.17, 15) is 24.5 Å². The number of ether oxygens (including phenoxy) is 1. The molecule has 0 spiro atoms. The van der Waals surface area contributed by atoms with Crippen molar-refractivity contribution in [1.29, 1.82) is 0 Å². The molecule has 1 unspecified atom stereocenters. The number of carboxylic acid groups (broad SMARTS) is 1. The van der Waals surface area contributed by atoms with Gasteiger partial charge in [0.05, 0.1) is 12.2 Å². The Labute approximate surface area is 183 Å². The zero-order valence-electron chi connectivity index (χ0n) is 18.8. The maximum atomic E-state index is 13.5. The minimum absolute atomic E-state index is 0.118. The summed E-state index contributed by atoms with van der Waals surface area (Å²) >= 11 is 0. The Morgan fingerprint density at radius 1 is 1.10 bits per heavy atom. The van der Waals surface area contributed by atoms with Gasteiger partial charge in [-0.1, -0.05) is 52.8 Å². The summed E-state index contributed by atoms with van der Waals surface area (Å²) in [5, 5.41) is 30.6. The second-order valence-electron chi connectivity index (χ2n) is 9.28. The Kier molecular flexibility index (Phi) is 8.21. The van der Waals surface area contributed by atoms with Crippen molar-refractivity contribution in [2.45, 2.75) is 71.0 Å². The van der Waals surface area contributed by atoms with Crippen LogP contribution in [-0.4, -0.2) is 35.0 Å². The third-order valence-corrected chi connectivity index (χ3v) is 5.13. The molecule has 31 heavy (non-hydrogen) atoms. The second kappa shape index (κ2) is 10.2. The Bertz CT molecular complexity index is 884. The summed E-state index contributed by atoms with van der Waals surface area (Å²) < 4.78 is 19.5. The lowest BCUT2D eigenvalue weighted by Crippen LogP contribution is -2.31. The van der Waals surface area contributed by atoms with E-state index in [1.54, 1.807) is 12.1 Å². The Hall–Kier alpha value is -2.44. The van der Waals surface area contributed by atoms with Gasteiger partial charge in [-0.05, 0) is 46.2 Å². The summed E-state index contributed by atoms with van der Waals surface area (Å²) in [6.07, 6.45) is -2.96. The summed E-state index contributed by atoms with van der Waals surface area (Å²) in [6, 6.07) is 10.3. The van der Waals surface area contributed by atoms with Crippen molar-refractivity contribution >= 4 is 5.97 Å². The molecular formula is C25H32FO5-. The lowest BCUT2D eigenvalue weighted by molar-refractivity contribution is -0.307. The smallest absolute Gasteiger partial charge is 0.130 e. The predicted octanol–water partition coefficient (Wildman–Crippen LogP) is 3.54. The lowest BCUT2D eigenvalue weighted by atomic mass is 9.82. The van der Waals surface area contributed by atoms with Gasteiger partial charge in [0.2, 0.25) is 0 Å². The first-order chi connectivity index (χ1) is 14.4. The van der Waals surface area contributed by atoms with Gasteiger partial charge in [0.1, 0.15) is 18.2 Å². The van der Waals surface area contributed by atoms with Gasteiger partial charge in [0.25, 0.3) is 0 Å². The first kappa shape index (κ1) is 24.8. The Balaban J connectivity index is 2.43. The lowest BCUT2D eigenvalue weighted by Gasteiger charge is -2.26. The first-order valence-electron chi connectivity index (χ1n) is 10.5. The van der Waals surface area contributed by atoms with Gasteiger partial charge in [-0.2, -0.15) is 0 Å². The van der Waals surface area contributed by atoms with Crippen molar-refractivity contribution < 1.29 is 29.2 Å². The highest BCUT2D eigenvalue weighted by atomic mass is 19.1. The Morgan fingerprint density at radius 2 is 1.71 bits per heavy atom. The largest absolute Gasteiger partial charge is 0.550 e. The molecule has 0 fully saturated rings. The van der Waals surface area contributed by atoms with E-state index in [2.05, 4.69) is 26.8 Å². The zero-order valence-corrected chi connectivity index (χ0v) is 18.8. The number of carbonyl (C=O) groups is 1. The predicted molar refractivity (Wildman–Crippen MR) is 116 cm³/mol. The van der Waals surface area contributed by atoms with E-state index in [0.717, 1.165) is 22.3 Å². The van der Waals surface area contributed by atoms with Crippen LogP contribution in [0.4, 0.5) is 4.39 Å². The summed E-state index contributed by atoms with van der Waals surface area (Å²) in [5.41, 5.74) is 3.52. The summed E-state index contributed by atoms with van der Waals surface area (Å²) in [5.74, 6) is -1.00. The van der Waals surface area contributed by atoms with Gasteiger partial charge in [0.15, 0.2) is 0 Å². The van der Waals surface area contributed by atoms with Crippen molar-refractivity contribution in [1.82, 2.24) is 0 Å². The van der Waals surface area contributed by atoms with Crippen LogP contribution >= 0.6 is 0 Å². The molecule has 0 saturated carbocycles. The van der Waals surface area contributed by atoms with Gasteiger partial charge >= 0.3 is 0 Å². The van der Waals surface area contributed by atoms with Crippen LogP contribution in [0.3, 0.4) is 0 Å². The fourth-order valence-electron chi connectivity index (χ4n) is 3.36. The molecule has 0 radical (unpaired) electrons. The molecule has 2 atom stereocenters. The average molecular weight is 432 g/mol. The number of rotatable bonds is 9. The number of benzene rings is 2. The summed E-state index contributed by atoms with van der Waals surface area (Å²) in [6.45, 7) is 10.3. The molecule has 2 N–H and O–H groups in total. The van der Waals surface area contributed by atoms with E-state index in [4.69, 9.17) is 4.74 Å². The number of hydrogen-bond donors (Lipinski definition) is 2. The highest BCUT2D eigenvalue weighted by Gasteiger charge is 2.23. The van der Waals surface area contributed by atoms with Crippen LogP contribution in [0.2, 0.25) is 0 Å². The highest BCUT2D eigenvalue weighted by Crippen LogP contribution is 2.41. The molecule has 2 aromatic carbocycles. The molecule has 0 aliphatic rings. The Morgan fingerprint density at radius 3 is 2.23 bits per heavy atom. The SMILES string of the molecule is CC(C)c1cc(C(C)(C)C)cc(-c2ccc(F)cc2)c1OCC(O)C[C@@H](O)CC(=O)[O-]. The molecule has 0 aliphatic heterocycles. The fraction of sp³-hybridized carbons (Fsp3) is 0.480. The molecule has 2 rings (SSSR count). The molecule has 5 nitrogen and oxygen atoms in total. The normalized spacial score (nSPS) is 13.8. The number of carboxylic acids is 1. The second-order valence-corrected chi connectivity index (χ2v) is 9.28. The van der Waals surface area contributed by atoms with E-state index in [1.807, 2.05) is 19.9 Å². The third kappa shape index (κ3) is 7.04. The van der Waals surface area contributed by atoms with Crippen LogP contribution in [0.15, 0.2) is 36.4 Å². The van der Waals surface area contributed by atoms with E-state index in [-0.39, 0.29) is 30.2 Å². The van der Waals surface area contributed by atoms with Gasteiger partial charge in [0, 0.05) is 24.4 Å². The molecule has 0 aliphatic carbocycles. The molecular weight excluding hydrogens is 399 g/mol. The van der Waals surface area contributed by atoms with Crippen molar-refractivity contribution in [2.75, 3.05) is 6.61 Å². The number of hydrogen-bond acceptors (Lipinski definition) is 5. The van der Waals surface area contributed by atoms with Gasteiger partial charge in [-0.15, -0.1) is 0 Å². The van der Waals surface area contributed by atoms with Crippen LogP contribution in [0.5, 0.6) is 5.75 Å². The van der Waals surface area contributed by atoms with E-state index in [0.29, 0.717) is 5.75 Å². The summed E-state index contributed by atoms with van der Waals surface area (Å²) in [7, 11) is 0. The van der Waals surface area contributed by atoms with Crippen LogP contribution in [-0.2, 0) is 10.2 Å². The van der Waals surface area contributed by atoms with Gasteiger partial charge < -0.3 is 24.9 Å². The first-order valence-corrected chi connectivity index (χ1v) is 10.5. The van der Waals surface area contributed by atoms with Crippen LogP contribution in [0, 0.1) is 5.82 Å². The molecule has 0 saturated heterocycles. The van der Waals surface area contributed by atoms with Crippen molar-refractivity contribution in [2.24, 2.45) is 0 Å². The standard InChI is InChI=1S/C25H33FO5/c1-15(2)21-10-17(25(3,4)5)11-22(16-6-8-18(26)9-7-16)24(21)31-14-20(28)12-19(27)13-23(29)30/h6-11,15,19-20,27-28H,12-14H2,1-5H3,(H,29,30)/p-1/t19-,20?/m1/s1. The molecule has 2 aromatic rings. The molecule has 0 amide bonds. The number of carbonyl (C=O) groups excluding carboxylic acids is 1. The van der Waals surface area contributed by atoms with Gasteiger partial charge in [-0.3, -0.25) is 0 Å². The average Bonchev–Trinajstić information content (AvgIpc) is 2.64. The van der Waals surface area contributed by atoms with Gasteiger partial charge in [-0.25, -0.2) is 4.39 Å². The molecule has 0 aromatic heterocycles. The van der Waals surface area contributed by atoms with E-state index in [1.165, 1.54) is 12.1 Å². The molecule has 0 heterocycles. The number of aliphatic hydroxyl groups is 2. The minimum Gasteiger partial charge on any atom is -0.550 e. The summed E-state index contributed by atoms with van der Waals surface area (Å²) in [4.78, 5) is 10.6. The van der Waals surface area contributed by atoms with Crippen LogP contribution in [0.1, 0.15) is 64.5 Å². The molecule has 6 heteroatoms. The number of aliphatic carboxylic acids is 1. The zero-order chi connectivity index (χ0) is 23.3. The van der Waals surface area contributed by atoms with E-state index < -0.39 is 24.6 Å². The van der Waals surface area contributed by atoms with Crippen molar-refractivity contribution in [3.8, 4) is 16.9 Å². The highest BCUT2D eigenvalue weighted by molar-refractivity contribution is 5.74. The number of aliphatic hydroxyl groups excluding tert-OH is 2. The topological polar surface area (TPSA) is 89.8 Å². The van der Waals surface area contributed by atoms with Crippen molar-refractivity contribution in [3.05, 3.63) is 53.3 Å². The molecule has 0 bridgehead atoms. The number of halogens is 1. The maximum Gasteiger partial charge on any atom is 0.130 e. The maximum absolute atomic E-state index is 13.5. The monoisotopic (exact) mass is 431 g/mol. The molecule has 170 valence electrons. The minimum atomic E-state index is -1.38. The van der Waals surface area contributed by atoms with Crippen LogP contribution in [0.25, 0.3) is 11.1 Å². The quantitative estimate of drug-likeness (QED) is 0.634. The van der Waals surface area contributed by atoms with Crippen molar-refractivity contribution in [3.63, 3.8) is 0 Å². The van der Waals surface area contributed by atoms with E-state index >= 15 is 0 Å². The van der Waals surface area contributed by atoms with Crippen LogP contribution < -0.4 is 9.84 Å². The third-order valence-electron chi connectivity index (χ3n) is 5.13.